The SMILES string of the molecule is O=C(CN1C(=O)[C@@](NC(=O)CN(Cc2ccccc2)C(=O)CNC(=O)OCc2ccccc2)(c2ccccc2)[C@H](c2ccccc2)C=C1c1ccccc1)NCC(=O)OCc1ccccc1. The van der Waals surface area contributed by atoms with Crippen LogP contribution in [-0.2, 0) is 58.7 Å². The van der Waals surface area contributed by atoms with Gasteiger partial charge in [0.25, 0.3) is 5.91 Å². The van der Waals surface area contributed by atoms with E-state index in [9.17, 15) is 24.0 Å². The minimum absolute atomic E-state index is 0.000368. The molecule has 6 aromatic carbocycles. The molecule has 1 heterocycles. The smallest absolute Gasteiger partial charge is 0.407 e. The van der Waals surface area contributed by atoms with Crippen molar-refractivity contribution in [2.75, 3.05) is 26.2 Å². The van der Waals surface area contributed by atoms with E-state index in [1.165, 1.54) is 9.80 Å². The molecular formula is C53H49N5O8. The van der Waals surface area contributed by atoms with Gasteiger partial charge in [-0.3, -0.25) is 24.0 Å². The third kappa shape index (κ3) is 11.8. The Balaban J connectivity index is 1.20. The largest absolute Gasteiger partial charge is 0.460 e. The molecule has 334 valence electrons. The Morgan fingerprint density at radius 3 is 1.68 bits per heavy atom. The van der Waals surface area contributed by atoms with Gasteiger partial charge in [0.05, 0.1) is 6.54 Å². The number of carbonyl (C=O) groups excluding carboxylic acids is 6. The zero-order chi connectivity index (χ0) is 46.1. The highest BCUT2D eigenvalue weighted by Crippen LogP contribution is 2.46. The fourth-order valence-electron chi connectivity index (χ4n) is 7.72. The van der Waals surface area contributed by atoms with Crippen molar-refractivity contribution in [3.63, 3.8) is 0 Å². The lowest BCUT2D eigenvalue weighted by molar-refractivity contribution is -0.146. The Morgan fingerprint density at radius 2 is 1.09 bits per heavy atom. The lowest BCUT2D eigenvalue weighted by Gasteiger charge is -2.47. The van der Waals surface area contributed by atoms with Crippen LogP contribution >= 0.6 is 0 Å². The van der Waals surface area contributed by atoms with Gasteiger partial charge in [-0.25, -0.2) is 4.79 Å². The average molecular weight is 884 g/mol. The van der Waals surface area contributed by atoms with Crippen molar-refractivity contribution in [1.82, 2.24) is 25.8 Å². The quantitative estimate of drug-likeness (QED) is 0.0827. The molecule has 0 saturated carbocycles. The van der Waals surface area contributed by atoms with Crippen LogP contribution in [0.15, 0.2) is 188 Å². The first-order valence-electron chi connectivity index (χ1n) is 21.4. The number of nitrogens with zero attached hydrogens (tertiary/aromatic N) is 2. The highest BCUT2D eigenvalue weighted by Gasteiger charge is 2.54. The van der Waals surface area contributed by atoms with Crippen LogP contribution in [0, 0.1) is 0 Å². The highest BCUT2D eigenvalue weighted by atomic mass is 16.5. The summed E-state index contributed by atoms with van der Waals surface area (Å²) in [6.45, 7) is -1.95. The standard InChI is InChI=1S/C53H49N5O8/c59-47(54-33-50(62)65-37-40-21-9-2-10-22-40)36-58-46(43-27-15-5-16-28-43)31-45(42-25-13-4-14-26-42)53(51(58)63,44-29-17-6-18-30-44)56-48(60)35-57(34-39-19-7-1-8-20-39)49(61)32-55-52(64)66-38-41-23-11-3-12-24-41/h1-31,45H,32-38H2,(H,54,59)(H,55,64)(H,56,60)/t45-,53+/m0/s1. The van der Waals surface area contributed by atoms with E-state index in [1.807, 2.05) is 146 Å². The summed E-state index contributed by atoms with van der Waals surface area (Å²) in [6, 6.07) is 54.4. The molecule has 66 heavy (non-hydrogen) atoms. The van der Waals surface area contributed by atoms with Gasteiger partial charge in [0, 0.05) is 18.2 Å². The Kier molecular flexibility index (Phi) is 15.5. The summed E-state index contributed by atoms with van der Waals surface area (Å²) in [5, 5.41) is 8.19. The normalized spacial score (nSPS) is 15.4. The summed E-state index contributed by atoms with van der Waals surface area (Å²) in [5.74, 6) is -4.07. The molecule has 0 aliphatic carbocycles. The van der Waals surface area contributed by atoms with Crippen molar-refractivity contribution < 1.29 is 38.2 Å². The van der Waals surface area contributed by atoms with E-state index in [-0.39, 0.29) is 19.8 Å². The zero-order valence-corrected chi connectivity index (χ0v) is 36.1. The maximum absolute atomic E-state index is 15.8. The minimum Gasteiger partial charge on any atom is -0.460 e. The van der Waals surface area contributed by atoms with Crippen LogP contribution in [0.5, 0.6) is 0 Å². The summed E-state index contributed by atoms with van der Waals surface area (Å²) >= 11 is 0. The molecule has 0 fully saturated rings. The van der Waals surface area contributed by atoms with Crippen LogP contribution in [0.1, 0.15) is 39.3 Å². The highest BCUT2D eigenvalue weighted by molar-refractivity contribution is 6.03. The van der Waals surface area contributed by atoms with Crippen LogP contribution in [0.3, 0.4) is 0 Å². The molecule has 0 spiro atoms. The van der Waals surface area contributed by atoms with E-state index in [1.54, 1.807) is 42.5 Å². The maximum Gasteiger partial charge on any atom is 0.407 e. The van der Waals surface area contributed by atoms with Gasteiger partial charge in [-0.1, -0.05) is 182 Å². The summed E-state index contributed by atoms with van der Waals surface area (Å²) in [5.41, 5.74) is 2.52. The van der Waals surface area contributed by atoms with E-state index in [0.717, 1.165) is 16.7 Å². The first-order chi connectivity index (χ1) is 32.2. The molecule has 0 unspecified atom stereocenters. The average Bonchev–Trinajstić information content (AvgIpc) is 3.36. The van der Waals surface area contributed by atoms with Gasteiger partial charge in [-0.2, -0.15) is 0 Å². The fraction of sp³-hybridized carbons (Fsp3) is 0.170. The second kappa shape index (κ2) is 22.3. The van der Waals surface area contributed by atoms with Gasteiger partial charge in [0.15, 0.2) is 5.54 Å². The third-order valence-corrected chi connectivity index (χ3v) is 10.9. The van der Waals surface area contributed by atoms with Crippen molar-refractivity contribution in [3.05, 3.63) is 221 Å². The lowest BCUT2D eigenvalue weighted by atomic mass is 9.70. The number of alkyl carbamates (subject to hydrolysis) is 1. The molecule has 0 saturated heterocycles. The Labute approximate surface area is 383 Å². The maximum atomic E-state index is 15.8. The summed E-state index contributed by atoms with van der Waals surface area (Å²) in [7, 11) is 0. The summed E-state index contributed by atoms with van der Waals surface area (Å²) < 4.78 is 10.7. The Hall–Kier alpha value is -8.32. The number of nitrogens with one attached hydrogen (secondary N) is 3. The molecule has 5 amide bonds. The van der Waals surface area contributed by atoms with Gasteiger partial charge < -0.3 is 35.2 Å². The number of carbonyl (C=O) groups is 6. The van der Waals surface area contributed by atoms with Crippen LogP contribution in [0.25, 0.3) is 5.70 Å². The van der Waals surface area contributed by atoms with Crippen molar-refractivity contribution in [3.8, 4) is 0 Å². The molecule has 1 aliphatic rings. The number of benzene rings is 6. The van der Waals surface area contributed by atoms with Crippen LogP contribution < -0.4 is 16.0 Å². The number of amides is 5. The van der Waals surface area contributed by atoms with Gasteiger partial charge in [0.2, 0.25) is 17.7 Å². The van der Waals surface area contributed by atoms with Crippen LogP contribution in [-0.4, -0.2) is 71.7 Å². The van der Waals surface area contributed by atoms with E-state index < -0.39 is 73.3 Å². The van der Waals surface area contributed by atoms with Crippen LogP contribution in [0.2, 0.25) is 0 Å². The van der Waals surface area contributed by atoms with E-state index in [4.69, 9.17) is 9.47 Å². The van der Waals surface area contributed by atoms with Crippen molar-refractivity contribution >= 4 is 41.4 Å². The van der Waals surface area contributed by atoms with Crippen molar-refractivity contribution in [2.45, 2.75) is 31.2 Å². The number of hydrogen-bond donors (Lipinski definition) is 3. The topological polar surface area (TPSA) is 163 Å². The van der Waals surface area contributed by atoms with Gasteiger partial charge in [0.1, 0.15) is 32.8 Å². The molecule has 2 atom stereocenters. The monoisotopic (exact) mass is 883 g/mol. The zero-order valence-electron chi connectivity index (χ0n) is 36.1. The molecule has 0 radical (unpaired) electrons. The van der Waals surface area contributed by atoms with Crippen LogP contribution in [0.4, 0.5) is 4.79 Å². The first kappa shape index (κ1) is 45.7. The molecule has 6 aromatic rings. The molecule has 13 heteroatoms. The molecule has 0 aromatic heterocycles. The van der Waals surface area contributed by atoms with E-state index in [2.05, 4.69) is 16.0 Å². The third-order valence-electron chi connectivity index (χ3n) is 10.9. The molecule has 13 nitrogen and oxygen atoms in total. The van der Waals surface area contributed by atoms with Gasteiger partial charge in [-0.15, -0.1) is 0 Å². The Morgan fingerprint density at radius 1 is 0.576 bits per heavy atom. The number of ether oxygens (including phenoxy) is 2. The van der Waals surface area contributed by atoms with E-state index in [0.29, 0.717) is 22.4 Å². The molecule has 1 aliphatic heterocycles. The minimum atomic E-state index is -1.88. The lowest BCUT2D eigenvalue weighted by Crippen LogP contribution is -2.64. The summed E-state index contributed by atoms with van der Waals surface area (Å²) in [6.07, 6.45) is 1.05. The van der Waals surface area contributed by atoms with Gasteiger partial charge >= 0.3 is 12.1 Å². The van der Waals surface area contributed by atoms with Crippen molar-refractivity contribution in [1.29, 1.82) is 0 Å². The van der Waals surface area contributed by atoms with E-state index >= 15 is 4.79 Å². The molecule has 0 bridgehead atoms. The first-order valence-corrected chi connectivity index (χ1v) is 21.4. The molecular weight excluding hydrogens is 835 g/mol. The summed E-state index contributed by atoms with van der Waals surface area (Å²) in [4.78, 5) is 86.4. The predicted molar refractivity (Wildman–Crippen MR) is 247 cm³/mol. The van der Waals surface area contributed by atoms with Crippen molar-refractivity contribution in [2.24, 2.45) is 0 Å². The second-order valence-corrected chi connectivity index (χ2v) is 15.5. The fourth-order valence-corrected chi connectivity index (χ4v) is 7.72. The molecule has 3 N–H and O–H groups in total. The Bertz CT molecular complexity index is 2620. The number of esters is 1. The second-order valence-electron chi connectivity index (χ2n) is 15.5. The van der Waals surface area contributed by atoms with Gasteiger partial charge in [-0.05, 0) is 39.5 Å². The molecule has 7 rings (SSSR count). The predicted octanol–water partition coefficient (Wildman–Crippen LogP) is 6.48. The number of hydrogen-bond acceptors (Lipinski definition) is 8. The number of rotatable bonds is 18.